The number of rotatable bonds is 5. The van der Waals surface area contributed by atoms with Crippen molar-refractivity contribution in [2.24, 2.45) is 5.73 Å². The lowest BCUT2D eigenvalue weighted by molar-refractivity contribution is -0.120. The van der Waals surface area contributed by atoms with Crippen LogP contribution in [0.5, 0.6) is 0 Å². The molecule has 5 nitrogen and oxygen atoms in total. The van der Waals surface area contributed by atoms with Gasteiger partial charge in [0, 0.05) is 24.5 Å². The van der Waals surface area contributed by atoms with Crippen molar-refractivity contribution >= 4 is 5.91 Å². The summed E-state index contributed by atoms with van der Waals surface area (Å²) < 4.78 is 1.92. The van der Waals surface area contributed by atoms with E-state index >= 15 is 0 Å². The van der Waals surface area contributed by atoms with Crippen molar-refractivity contribution in [2.75, 3.05) is 7.05 Å². The van der Waals surface area contributed by atoms with Gasteiger partial charge in [0.05, 0.1) is 0 Å². The predicted octanol–water partition coefficient (Wildman–Crippen LogP) is 0.623. The van der Waals surface area contributed by atoms with E-state index in [1.165, 1.54) is 0 Å². The number of carbonyl (C=O) groups excluding carboxylic acids is 1. The molecule has 0 bridgehead atoms. The molecule has 3 N–H and O–H groups in total. The number of nitrogens with two attached hydrogens (primary N) is 1. The molecule has 2 aromatic rings. The summed E-state index contributed by atoms with van der Waals surface area (Å²) >= 11 is 0. The molecule has 0 saturated carbocycles. The van der Waals surface area contributed by atoms with Crippen molar-refractivity contribution in [3.8, 4) is 11.4 Å². The lowest BCUT2D eigenvalue weighted by Crippen LogP contribution is -2.42. The van der Waals surface area contributed by atoms with Crippen LogP contribution in [0.25, 0.3) is 11.4 Å². The Labute approximate surface area is 106 Å². The van der Waals surface area contributed by atoms with Crippen LogP contribution < -0.4 is 11.1 Å². The molecule has 18 heavy (non-hydrogen) atoms. The summed E-state index contributed by atoms with van der Waals surface area (Å²) in [5.74, 6) is 0.460. The molecule has 0 aliphatic rings. The number of hydrogen-bond acceptors (Lipinski definition) is 3. The Hall–Kier alpha value is -2.14. The Bertz CT molecular complexity index is 521. The fourth-order valence-electron chi connectivity index (χ4n) is 1.82. The Kier molecular flexibility index (Phi) is 3.74. The molecule has 0 aliphatic carbocycles. The van der Waals surface area contributed by atoms with Gasteiger partial charge in [-0.2, -0.15) is 0 Å². The minimum atomic E-state index is -0.401. The molecule has 1 heterocycles. The third-order valence-electron chi connectivity index (χ3n) is 2.82. The lowest BCUT2D eigenvalue weighted by Gasteiger charge is -2.15. The van der Waals surface area contributed by atoms with E-state index in [4.69, 9.17) is 5.73 Å². The summed E-state index contributed by atoms with van der Waals surface area (Å²) in [6, 6.07) is 9.43. The normalized spacial score (nSPS) is 12.3. The average molecular weight is 244 g/mol. The smallest absolute Gasteiger partial charge is 0.236 e. The second-order valence-corrected chi connectivity index (χ2v) is 4.01. The SMILES string of the molecule is CNC(Cn1ccnc1-c1ccccc1)C(N)=O. The van der Waals surface area contributed by atoms with Gasteiger partial charge in [0.1, 0.15) is 11.9 Å². The first-order valence-corrected chi connectivity index (χ1v) is 5.75. The highest BCUT2D eigenvalue weighted by atomic mass is 16.1. The molecule has 2 rings (SSSR count). The standard InChI is InChI=1S/C13H16N4O/c1-15-11(12(14)18)9-17-8-7-16-13(17)10-5-3-2-4-6-10/h2-8,11,15H,9H2,1H3,(H2,14,18). The van der Waals surface area contributed by atoms with Gasteiger partial charge in [-0.15, -0.1) is 0 Å². The van der Waals surface area contributed by atoms with Gasteiger partial charge in [0.25, 0.3) is 0 Å². The zero-order valence-corrected chi connectivity index (χ0v) is 10.2. The minimum Gasteiger partial charge on any atom is -0.368 e. The highest BCUT2D eigenvalue weighted by Crippen LogP contribution is 2.16. The van der Waals surface area contributed by atoms with Crippen molar-refractivity contribution in [1.29, 1.82) is 0 Å². The van der Waals surface area contributed by atoms with Crippen molar-refractivity contribution in [2.45, 2.75) is 12.6 Å². The molecule has 0 aliphatic heterocycles. The first-order valence-electron chi connectivity index (χ1n) is 5.75. The van der Waals surface area contributed by atoms with Crippen molar-refractivity contribution in [1.82, 2.24) is 14.9 Å². The van der Waals surface area contributed by atoms with Gasteiger partial charge in [-0.05, 0) is 7.05 Å². The van der Waals surface area contributed by atoms with E-state index in [0.717, 1.165) is 11.4 Å². The molecule has 1 atom stereocenters. The number of imidazole rings is 1. The Balaban J connectivity index is 2.26. The van der Waals surface area contributed by atoms with Crippen LogP contribution in [0.15, 0.2) is 42.7 Å². The molecule has 0 spiro atoms. The summed E-state index contributed by atoms with van der Waals surface area (Å²) in [5.41, 5.74) is 6.33. The zero-order chi connectivity index (χ0) is 13.0. The predicted molar refractivity (Wildman–Crippen MR) is 69.7 cm³/mol. The summed E-state index contributed by atoms with van der Waals surface area (Å²) in [6.07, 6.45) is 3.56. The summed E-state index contributed by atoms with van der Waals surface area (Å²) in [7, 11) is 1.72. The van der Waals surface area contributed by atoms with Crippen molar-refractivity contribution in [3.05, 3.63) is 42.7 Å². The van der Waals surface area contributed by atoms with Gasteiger partial charge in [0.2, 0.25) is 5.91 Å². The number of amides is 1. The lowest BCUT2D eigenvalue weighted by atomic mass is 10.2. The van der Waals surface area contributed by atoms with E-state index in [2.05, 4.69) is 10.3 Å². The number of aromatic nitrogens is 2. The highest BCUT2D eigenvalue weighted by molar-refractivity contribution is 5.79. The monoisotopic (exact) mass is 244 g/mol. The number of carbonyl (C=O) groups is 1. The molecule has 1 aromatic carbocycles. The second kappa shape index (κ2) is 5.46. The molecule has 0 saturated heterocycles. The molecule has 0 fully saturated rings. The van der Waals surface area contributed by atoms with Crippen molar-refractivity contribution < 1.29 is 4.79 Å². The van der Waals surface area contributed by atoms with Crippen LogP contribution in [0, 0.1) is 0 Å². The molecular weight excluding hydrogens is 228 g/mol. The van der Waals surface area contributed by atoms with Crippen LogP contribution in [-0.2, 0) is 11.3 Å². The molecule has 0 radical (unpaired) electrons. The molecule has 94 valence electrons. The average Bonchev–Trinajstić information content (AvgIpc) is 2.84. The largest absolute Gasteiger partial charge is 0.368 e. The maximum atomic E-state index is 11.2. The van der Waals surface area contributed by atoms with E-state index in [-0.39, 0.29) is 5.91 Å². The quantitative estimate of drug-likeness (QED) is 0.810. The van der Waals surface area contributed by atoms with Crippen LogP contribution >= 0.6 is 0 Å². The van der Waals surface area contributed by atoms with Crippen LogP contribution in [0.2, 0.25) is 0 Å². The molecule has 1 unspecified atom stereocenters. The molecular formula is C13H16N4O. The number of hydrogen-bond donors (Lipinski definition) is 2. The van der Waals surface area contributed by atoms with E-state index in [9.17, 15) is 4.79 Å². The van der Waals surface area contributed by atoms with Gasteiger partial charge >= 0.3 is 0 Å². The van der Waals surface area contributed by atoms with Gasteiger partial charge in [0.15, 0.2) is 0 Å². The van der Waals surface area contributed by atoms with Crippen LogP contribution in [0.4, 0.5) is 0 Å². The van der Waals surface area contributed by atoms with Crippen LogP contribution in [0.3, 0.4) is 0 Å². The van der Waals surface area contributed by atoms with E-state index in [1.54, 1.807) is 13.2 Å². The number of nitrogens with one attached hydrogen (secondary N) is 1. The third-order valence-corrected chi connectivity index (χ3v) is 2.82. The van der Waals surface area contributed by atoms with Gasteiger partial charge in [-0.3, -0.25) is 4.79 Å². The van der Waals surface area contributed by atoms with E-state index in [1.807, 2.05) is 41.1 Å². The number of nitrogens with zero attached hydrogens (tertiary/aromatic N) is 2. The van der Waals surface area contributed by atoms with E-state index in [0.29, 0.717) is 6.54 Å². The highest BCUT2D eigenvalue weighted by Gasteiger charge is 2.15. The fourth-order valence-corrected chi connectivity index (χ4v) is 1.82. The Morgan fingerprint density at radius 1 is 1.44 bits per heavy atom. The molecule has 5 heteroatoms. The van der Waals surface area contributed by atoms with E-state index < -0.39 is 6.04 Å². The summed E-state index contributed by atoms with van der Waals surface area (Å²) in [6.45, 7) is 0.468. The number of likely N-dealkylation sites (N-methyl/N-ethyl adjacent to an activating group) is 1. The molecule has 1 aromatic heterocycles. The zero-order valence-electron chi connectivity index (χ0n) is 10.2. The maximum Gasteiger partial charge on any atom is 0.236 e. The van der Waals surface area contributed by atoms with Gasteiger partial charge < -0.3 is 15.6 Å². The number of primary amides is 1. The first-order chi connectivity index (χ1) is 8.72. The minimum absolute atomic E-state index is 0.370. The maximum absolute atomic E-state index is 11.2. The first kappa shape index (κ1) is 12.3. The fraction of sp³-hybridized carbons (Fsp3) is 0.231. The third kappa shape index (κ3) is 2.57. The number of benzene rings is 1. The Morgan fingerprint density at radius 3 is 2.78 bits per heavy atom. The summed E-state index contributed by atoms with van der Waals surface area (Å²) in [4.78, 5) is 15.5. The Morgan fingerprint density at radius 2 is 2.17 bits per heavy atom. The molecule has 1 amide bonds. The van der Waals surface area contributed by atoms with Gasteiger partial charge in [-0.1, -0.05) is 30.3 Å². The van der Waals surface area contributed by atoms with Crippen LogP contribution in [-0.4, -0.2) is 28.5 Å². The topological polar surface area (TPSA) is 72.9 Å². The second-order valence-electron chi connectivity index (χ2n) is 4.01. The van der Waals surface area contributed by atoms with Crippen molar-refractivity contribution in [3.63, 3.8) is 0 Å². The summed E-state index contributed by atoms with van der Waals surface area (Å²) in [5, 5.41) is 2.90. The van der Waals surface area contributed by atoms with Crippen LogP contribution in [0.1, 0.15) is 0 Å². The van der Waals surface area contributed by atoms with Gasteiger partial charge in [-0.25, -0.2) is 4.98 Å².